The zero-order valence-corrected chi connectivity index (χ0v) is 10.3. The van der Waals surface area contributed by atoms with Gasteiger partial charge in [-0.2, -0.15) is 0 Å². The minimum atomic E-state index is 0.259. The van der Waals surface area contributed by atoms with Crippen LogP contribution in [0, 0.1) is 5.41 Å². The molecular weight excluding hydrogens is 246 g/mol. The van der Waals surface area contributed by atoms with Crippen molar-refractivity contribution in [3.8, 4) is 0 Å². The van der Waals surface area contributed by atoms with Crippen molar-refractivity contribution in [3.05, 3.63) is 20.8 Å². The molecule has 1 atom stereocenters. The lowest BCUT2D eigenvalue weighted by Gasteiger charge is -2.16. The minimum Gasteiger partial charge on any atom is -0.330 e. The van der Waals surface area contributed by atoms with Crippen molar-refractivity contribution in [2.75, 3.05) is 6.54 Å². The summed E-state index contributed by atoms with van der Waals surface area (Å²) < 4.78 is 1.21. The summed E-state index contributed by atoms with van der Waals surface area (Å²) >= 11 is 5.25. The van der Waals surface area contributed by atoms with Crippen LogP contribution in [-0.2, 0) is 5.41 Å². The predicted octanol–water partition coefficient (Wildman–Crippen LogP) is 3.14. The Morgan fingerprint density at radius 2 is 2.23 bits per heavy atom. The van der Waals surface area contributed by atoms with Crippen LogP contribution in [-0.4, -0.2) is 6.54 Å². The van der Waals surface area contributed by atoms with Crippen LogP contribution >= 0.6 is 27.3 Å². The quantitative estimate of drug-likeness (QED) is 0.868. The van der Waals surface area contributed by atoms with Gasteiger partial charge in [0.25, 0.3) is 0 Å². The molecule has 1 unspecified atom stereocenters. The SMILES string of the molecule is CC1(C)CC1(CN)c1csc(Br)c1. The fourth-order valence-corrected chi connectivity index (χ4v) is 3.49. The monoisotopic (exact) mass is 259 g/mol. The Hall–Kier alpha value is 0.140. The highest BCUT2D eigenvalue weighted by Crippen LogP contribution is 2.64. The van der Waals surface area contributed by atoms with E-state index in [4.69, 9.17) is 5.73 Å². The molecule has 0 amide bonds. The van der Waals surface area contributed by atoms with Crippen molar-refractivity contribution < 1.29 is 0 Å². The summed E-state index contributed by atoms with van der Waals surface area (Å²) in [6.45, 7) is 5.36. The van der Waals surface area contributed by atoms with Gasteiger partial charge >= 0.3 is 0 Å². The van der Waals surface area contributed by atoms with E-state index >= 15 is 0 Å². The second-order valence-corrected chi connectivity index (χ2v) is 6.78. The van der Waals surface area contributed by atoms with Crippen molar-refractivity contribution in [1.82, 2.24) is 0 Å². The molecule has 1 nitrogen and oxygen atoms in total. The molecule has 2 N–H and O–H groups in total. The van der Waals surface area contributed by atoms with E-state index in [1.807, 2.05) is 0 Å². The average Bonchev–Trinajstić information content (AvgIpc) is 2.43. The third-order valence-corrected chi connectivity index (χ3v) is 4.89. The van der Waals surface area contributed by atoms with Gasteiger partial charge in [-0.1, -0.05) is 13.8 Å². The smallest absolute Gasteiger partial charge is 0.0701 e. The summed E-state index contributed by atoms with van der Waals surface area (Å²) in [7, 11) is 0. The summed E-state index contributed by atoms with van der Waals surface area (Å²) in [4.78, 5) is 0. The Morgan fingerprint density at radius 1 is 1.62 bits per heavy atom. The number of rotatable bonds is 2. The Bertz CT molecular complexity index is 331. The average molecular weight is 260 g/mol. The first-order chi connectivity index (χ1) is 6.02. The minimum absolute atomic E-state index is 0.259. The zero-order chi connectivity index (χ0) is 9.69. The largest absolute Gasteiger partial charge is 0.330 e. The molecule has 1 aliphatic rings. The number of thiophene rings is 1. The first-order valence-corrected chi connectivity index (χ1v) is 6.14. The summed E-state index contributed by atoms with van der Waals surface area (Å²) in [5, 5.41) is 2.23. The Balaban J connectivity index is 2.35. The van der Waals surface area contributed by atoms with E-state index in [2.05, 4.69) is 41.2 Å². The van der Waals surface area contributed by atoms with Gasteiger partial charge in [0, 0.05) is 12.0 Å². The maximum atomic E-state index is 5.88. The van der Waals surface area contributed by atoms with Crippen LogP contribution in [0.5, 0.6) is 0 Å². The van der Waals surface area contributed by atoms with Crippen LogP contribution in [0.2, 0.25) is 0 Å². The van der Waals surface area contributed by atoms with Crippen LogP contribution in [0.3, 0.4) is 0 Å². The van der Waals surface area contributed by atoms with Crippen molar-refractivity contribution in [1.29, 1.82) is 0 Å². The maximum absolute atomic E-state index is 5.88. The van der Waals surface area contributed by atoms with Crippen LogP contribution in [0.15, 0.2) is 15.2 Å². The standard InChI is InChI=1S/C10H14BrNS/c1-9(2)5-10(9,6-12)7-3-8(11)13-4-7/h3-4H,5-6,12H2,1-2H3. The Labute approximate surface area is 91.5 Å². The lowest BCUT2D eigenvalue weighted by molar-refractivity contribution is 0.504. The zero-order valence-electron chi connectivity index (χ0n) is 7.93. The summed E-state index contributed by atoms with van der Waals surface area (Å²) in [5.41, 5.74) is 7.94. The molecule has 0 bridgehead atoms. The van der Waals surface area contributed by atoms with Crippen LogP contribution in [0.1, 0.15) is 25.8 Å². The number of hydrogen-bond acceptors (Lipinski definition) is 2. The van der Waals surface area contributed by atoms with Gasteiger partial charge in [-0.3, -0.25) is 0 Å². The van der Waals surface area contributed by atoms with Crippen LogP contribution < -0.4 is 5.73 Å². The second-order valence-electron chi connectivity index (χ2n) is 4.49. The fourth-order valence-electron chi connectivity index (χ4n) is 2.23. The summed E-state index contributed by atoms with van der Waals surface area (Å²) in [6, 6.07) is 2.21. The number of nitrogens with two attached hydrogens (primary N) is 1. The van der Waals surface area contributed by atoms with Gasteiger partial charge in [-0.25, -0.2) is 0 Å². The summed E-state index contributed by atoms with van der Waals surface area (Å²) in [6.07, 6.45) is 1.22. The van der Waals surface area contributed by atoms with Crippen molar-refractivity contribution in [2.45, 2.75) is 25.7 Å². The van der Waals surface area contributed by atoms with E-state index < -0.39 is 0 Å². The predicted molar refractivity (Wildman–Crippen MR) is 61.1 cm³/mol. The van der Waals surface area contributed by atoms with E-state index in [0.717, 1.165) is 6.54 Å². The highest BCUT2D eigenvalue weighted by molar-refractivity contribution is 9.11. The van der Waals surface area contributed by atoms with Gasteiger partial charge in [0.15, 0.2) is 0 Å². The maximum Gasteiger partial charge on any atom is 0.0701 e. The van der Waals surface area contributed by atoms with E-state index in [0.29, 0.717) is 5.41 Å². The molecule has 13 heavy (non-hydrogen) atoms. The van der Waals surface area contributed by atoms with E-state index in [9.17, 15) is 0 Å². The molecule has 1 aromatic heterocycles. The molecule has 0 radical (unpaired) electrons. The van der Waals surface area contributed by atoms with Gasteiger partial charge < -0.3 is 5.73 Å². The van der Waals surface area contributed by atoms with Gasteiger partial charge in [-0.05, 0) is 44.8 Å². The molecular formula is C10H14BrNS. The van der Waals surface area contributed by atoms with E-state index in [1.54, 1.807) is 11.3 Å². The number of hydrogen-bond donors (Lipinski definition) is 1. The molecule has 0 spiro atoms. The molecule has 1 aromatic rings. The lowest BCUT2D eigenvalue weighted by atomic mass is 9.90. The molecule has 0 aromatic carbocycles. The van der Waals surface area contributed by atoms with Crippen molar-refractivity contribution >= 4 is 27.3 Å². The molecule has 72 valence electrons. The van der Waals surface area contributed by atoms with E-state index in [-0.39, 0.29) is 5.41 Å². The lowest BCUT2D eigenvalue weighted by Crippen LogP contribution is -2.24. The highest BCUT2D eigenvalue weighted by atomic mass is 79.9. The Morgan fingerprint density at radius 3 is 2.54 bits per heavy atom. The molecule has 0 saturated heterocycles. The van der Waals surface area contributed by atoms with Gasteiger partial charge in [0.2, 0.25) is 0 Å². The van der Waals surface area contributed by atoms with E-state index in [1.165, 1.54) is 15.8 Å². The molecule has 1 fully saturated rings. The molecule has 2 rings (SSSR count). The fraction of sp³-hybridized carbons (Fsp3) is 0.600. The van der Waals surface area contributed by atoms with Crippen molar-refractivity contribution in [3.63, 3.8) is 0 Å². The molecule has 0 aliphatic heterocycles. The van der Waals surface area contributed by atoms with Crippen LogP contribution in [0.25, 0.3) is 0 Å². The second kappa shape index (κ2) is 2.81. The topological polar surface area (TPSA) is 26.0 Å². The van der Waals surface area contributed by atoms with Crippen LogP contribution in [0.4, 0.5) is 0 Å². The Kier molecular flexibility index (Phi) is 2.10. The molecule has 1 aliphatic carbocycles. The number of halogens is 1. The van der Waals surface area contributed by atoms with Gasteiger partial charge in [0.05, 0.1) is 3.79 Å². The third kappa shape index (κ3) is 1.29. The van der Waals surface area contributed by atoms with Crippen molar-refractivity contribution in [2.24, 2.45) is 11.1 Å². The molecule has 1 heterocycles. The summed E-state index contributed by atoms with van der Waals surface area (Å²) in [5.74, 6) is 0. The molecule has 1 saturated carbocycles. The van der Waals surface area contributed by atoms with Gasteiger partial charge in [-0.15, -0.1) is 11.3 Å². The first kappa shape index (κ1) is 9.69. The normalized spacial score (nSPS) is 30.5. The molecule has 3 heteroatoms. The first-order valence-electron chi connectivity index (χ1n) is 4.46. The third-order valence-electron chi connectivity index (χ3n) is 3.38. The van der Waals surface area contributed by atoms with Gasteiger partial charge in [0.1, 0.15) is 0 Å². The highest BCUT2D eigenvalue weighted by Gasteiger charge is 2.61.